The maximum atomic E-state index is 10.4. The number of fused-ring (bicyclic) bond motifs is 1. The van der Waals surface area contributed by atoms with E-state index in [0.717, 1.165) is 5.57 Å². The zero-order valence-corrected chi connectivity index (χ0v) is 15.5. The van der Waals surface area contributed by atoms with E-state index in [1.54, 1.807) is 0 Å². The van der Waals surface area contributed by atoms with E-state index < -0.39 is 37.3 Å². The van der Waals surface area contributed by atoms with Gasteiger partial charge < -0.3 is 35.6 Å². The maximum absolute atomic E-state index is 10.4. The number of aliphatic hydroxyl groups excluding tert-OH is 5. The average molecular weight is 395 g/mol. The highest BCUT2D eigenvalue weighted by Gasteiger charge is 2.45. The normalized spacial score (nSPS) is 29.8. The van der Waals surface area contributed by atoms with Crippen LogP contribution in [0, 0.1) is 0 Å². The molecule has 3 aliphatic rings. The van der Waals surface area contributed by atoms with Crippen LogP contribution in [-0.2, 0) is 4.74 Å². The smallest absolute Gasteiger partial charge is 0.167 e. The lowest BCUT2D eigenvalue weighted by atomic mass is 9.98. The molecule has 3 heterocycles. The third kappa shape index (κ3) is 3.85. The lowest BCUT2D eigenvalue weighted by molar-refractivity contribution is -0.251. The predicted octanol–water partition coefficient (Wildman–Crippen LogP) is -1.51. The van der Waals surface area contributed by atoms with Gasteiger partial charge in [0, 0.05) is 6.04 Å². The lowest BCUT2D eigenvalue weighted by Crippen LogP contribution is -2.56. The summed E-state index contributed by atoms with van der Waals surface area (Å²) >= 11 is 0. The van der Waals surface area contributed by atoms with Gasteiger partial charge in [-0.05, 0) is 13.8 Å². The van der Waals surface area contributed by atoms with Gasteiger partial charge in [0.2, 0.25) is 0 Å². The van der Waals surface area contributed by atoms with Crippen LogP contribution in [0.2, 0.25) is 0 Å². The highest BCUT2D eigenvalue weighted by atomic mass is 16.6. The van der Waals surface area contributed by atoms with E-state index in [1.165, 1.54) is 17.2 Å². The number of nitrogens with one attached hydrogen (secondary N) is 1. The first-order chi connectivity index (χ1) is 13.4. The van der Waals surface area contributed by atoms with E-state index in [2.05, 4.69) is 20.3 Å². The molecule has 11 nitrogen and oxygen atoms in total. The second-order valence-corrected chi connectivity index (χ2v) is 6.87. The molecular formula is C17H25N5O6. The number of aliphatic hydroxyl groups is 5. The average Bonchev–Trinajstić information content (AvgIpc) is 3.17. The zero-order chi connectivity index (χ0) is 20.4. The van der Waals surface area contributed by atoms with Crippen LogP contribution < -0.4 is 5.32 Å². The van der Waals surface area contributed by atoms with E-state index >= 15 is 0 Å². The Bertz CT molecular complexity index is 796. The Labute approximate surface area is 161 Å². The molecule has 0 radical (unpaired) electrons. The number of aromatic nitrogens is 4. The Balaban J connectivity index is 1.91. The van der Waals surface area contributed by atoms with Gasteiger partial charge in [0.25, 0.3) is 0 Å². The number of rotatable bonds is 6. The number of nitrogens with zero attached hydrogens (tertiary/aromatic N) is 4. The van der Waals surface area contributed by atoms with Gasteiger partial charge in [-0.2, -0.15) is 0 Å². The van der Waals surface area contributed by atoms with Crippen LogP contribution in [-0.4, -0.2) is 88.7 Å². The van der Waals surface area contributed by atoms with Gasteiger partial charge >= 0.3 is 0 Å². The van der Waals surface area contributed by atoms with Crippen molar-refractivity contribution in [3.05, 3.63) is 24.3 Å². The summed E-state index contributed by atoms with van der Waals surface area (Å²) in [5.74, 6) is 0.791. The molecule has 6 N–H and O–H groups in total. The number of ether oxygens (including phenoxy) is 1. The van der Waals surface area contributed by atoms with Gasteiger partial charge in [0.05, 0.1) is 13.2 Å². The highest BCUT2D eigenvalue weighted by molar-refractivity contribution is 5.67. The second-order valence-electron chi connectivity index (χ2n) is 6.87. The maximum Gasteiger partial charge on any atom is 0.167 e. The predicted molar refractivity (Wildman–Crippen MR) is 97.4 cm³/mol. The van der Waals surface area contributed by atoms with Crippen molar-refractivity contribution in [2.75, 3.05) is 18.5 Å². The van der Waals surface area contributed by atoms with E-state index in [-0.39, 0.29) is 12.6 Å². The van der Waals surface area contributed by atoms with Gasteiger partial charge in [-0.15, -0.1) is 0 Å². The summed E-state index contributed by atoms with van der Waals surface area (Å²) in [4.78, 5) is 12.7. The molecule has 3 rings (SSSR count). The molecule has 0 spiro atoms. The Kier molecular flexibility index (Phi) is 6.23. The van der Waals surface area contributed by atoms with Crippen LogP contribution >= 0.6 is 0 Å². The van der Waals surface area contributed by atoms with Crippen molar-refractivity contribution < 1.29 is 30.3 Å². The molecule has 2 unspecified atom stereocenters. The summed E-state index contributed by atoms with van der Waals surface area (Å²) in [6.07, 6.45) is -2.03. The minimum Gasteiger partial charge on any atom is -0.394 e. The molecule has 3 aliphatic heterocycles. The van der Waals surface area contributed by atoms with Crippen LogP contribution in [0.4, 0.5) is 5.82 Å². The summed E-state index contributed by atoms with van der Waals surface area (Å²) in [5, 5.41) is 52.0. The number of hydrogen-bond donors (Lipinski definition) is 6. The third-order valence-electron chi connectivity index (χ3n) is 4.65. The molecule has 11 heteroatoms. The largest absolute Gasteiger partial charge is 0.394 e. The van der Waals surface area contributed by atoms with Crippen molar-refractivity contribution in [3.8, 4) is 11.5 Å². The Morgan fingerprint density at radius 1 is 1.21 bits per heavy atom. The highest BCUT2D eigenvalue weighted by Crippen LogP contribution is 2.33. The standard InChI is InChI=1S/C17H25N5O6/c1-8(4-23)3-9(2)21-15-11-16(19-6-18-11)22(7-20-15)17-14(27)13(26)12(25)10(5-24)28-17/h3,6-7,9-10,12-14,17,21,23-27H,4-5H2,1-2H3/b8-3-/t9?,10-,12-,13+,14-,17?/m1/s1. The molecule has 1 saturated heterocycles. The van der Waals surface area contributed by atoms with Crippen molar-refractivity contribution in [2.45, 2.75) is 50.5 Å². The molecule has 1 fully saturated rings. The second kappa shape index (κ2) is 8.47. The van der Waals surface area contributed by atoms with Gasteiger partial charge in [0.15, 0.2) is 23.6 Å². The van der Waals surface area contributed by atoms with Crippen LogP contribution in [0.15, 0.2) is 24.3 Å². The first-order valence-electron chi connectivity index (χ1n) is 8.90. The molecule has 0 saturated carbocycles. The Morgan fingerprint density at radius 3 is 2.64 bits per heavy atom. The van der Waals surface area contributed by atoms with Crippen molar-refractivity contribution in [3.63, 3.8) is 0 Å². The van der Waals surface area contributed by atoms with Crippen LogP contribution in [0.25, 0.3) is 11.5 Å². The van der Waals surface area contributed by atoms with Crippen LogP contribution in [0.1, 0.15) is 20.1 Å². The van der Waals surface area contributed by atoms with Crippen molar-refractivity contribution in [1.82, 2.24) is 19.5 Å². The molecule has 0 aromatic heterocycles. The number of anilines is 1. The van der Waals surface area contributed by atoms with Gasteiger partial charge in [-0.1, -0.05) is 11.6 Å². The minimum atomic E-state index is -1.51. The van der Waals surface area contributed by atoms with Crippen LogP contribution in [0.5, 0.6) is 0 Å². The summed E-state index contributed by atoms with van der Waals surface area (Å²) in [6, 6.07) is -0.136. The van der Waals surface area contributed by atoms with Gasteiger partial charge in [0.1, 0.15) is 37.1 Å². The first kappa shape index (κ1) is 20.6. The number of hydrogen-bond acceptors (Lipinski definition) is 10. The SMILES string of the molecule is C/C(=C/C(C)Nc1ncn(C2O[C@H](CO)[C@@H](O)[C@H](O)[C@H]2O)c2ncnc1-2)CO. The molecule has 0 amide bonds. The molecule has 6 atom stereocenters. The summed E-state index contributed by atoms with van der Waals surface area (Å²) in [7, 11) is 0. The molecule has 0 aliphatic carbocycles. The van der Waals surface area contributed by atoms with Crippen molar-refractivity contribution >= 4 is 5.82 Å². The Morgan fingerprint density at radius 2 is 1.96 bits per heavy atom. The van der Waals surface area contributed by atoms with Crippen LogP contribution in [0.3, 0.4) is 0 Å². The van der Waals surface area contributed by atoms with E-state index in [9.17, 15) is 20.4 Å². The summed E-state index contributed by atoms with van der Waals surface area (Å²) < 4.78 is 6.97. The molecule has 0 bridgehead atoms. The monoisotopic (exact) mass is 395 g/mol. The Hall–Kier alpha value is -2.15. The summed E-state index contributed by atoms with van der Waals surface area (Å²) in [5.41, 5.74) is 1.22. The molecule has 154 valence electrons. The molecule has 0 aromatic rings. The quantitative estimate of drug-likeness (QED) is 0.317. The first-order valence-corrected chi connectivity index (χ1v) is 8.90. The lowest BCUT2D eigenvalue weighted by Gasteiger charge is -2.41. The topological polar surface area (TPSA) is 166 Å². The summed E-state index contributed by atoms with van der Waals surface area (Å²) in [6.45, 7) is 3.12. The van der Waals surface area contributed by atoms with E-state index in [0.29, 0.717) is 17.3 Å². The fourth-order valence-electron chi connectivity index (χ4n) is 3.19. The number of imidazole rings is 1. The third-order valence-corrected chi connectivity index (χ3v) is 4.65. The van der Waals surface area contributed by atoms with Crippen molar-refractivity contribution in [1.29, 1.82) is 0 Å². The zero-order valence-electron chi connectivity index (χ0n) is 15.5. The van der Waals surface area contributed by atoms with E-state index in [1.807, 2.05) is 19.9 Å². The minimum absolute atomic E-state index is 0.0447. The molecule has 0 aromatic carbocycles. The van der Waals surface area contributed by atoms with Gasteiger partial charge in [-0.25, -0.2) is 15.0 Å². The molecular weight excluding hydrogens is 370 g/mol. The van der Waals surface area contributed by atoms with E-state index in [4.69, 9.17) is 9.84 Å². The molecule has 28 heavy (non-hydrogen) atoms. The fourth-order valence-corrected chi connectivity index (χ4v) is 3.19. The van der Waals surface area contributed by atoms with Crippen molar-refractivity contribution in [2.24, 2.45) is 0 Å². The van der Waals surface area contributed by atoms with Gasteiger partial charge in [-0.3, -0.25) is 4.57 Å². The fraction of sp³-hybridized carbons (Fsp3) is 0.588.